The number of ether oxygens (including phenoxy) is 1. The van der Waals surface area contributed by atoms with Gasteiger partial charge in [-0.05, 0) is 37.0 Å². The molecule has 0 atom stereocenters. The van der Waals surface area contributed by atoms with Crippen LogP contribution in [0.5, 0.6) is 0 Å². The van der Waals surface area contributed by atoms with E-state index in [2.05, 4.69) is 4.90 Å². The predicted octanol–water partition coefficient (Wildman–Crippen LogP) is 2.50. The van der Waals surface area contributed by atoms with E-state index in [1.807, 2.05) is 0 Å². The molecular weight excluding hydrogens is 233 g/mol. The SMILES string of the molecule is COCC1CCN(c2cc(F)cc(C=O)c2)CC1. The summed E-state index contributed by atoms with van der Waals surface area (Å²) in [6.07, 6.45) is 2.77. The number of nitrogens with zero attached hydrogens (tertiary/aromatic N) is 1. The first-order valence-corrected chi connectivity index (χ1v) is 6.22. The zero-order chi connectivity index (χ0) is 13.0. The Hall–Kier alpha value is -1.42. The second kappa shape index (κ2) is 5.96. The van der Waals surface area contributed by atoms with Gasteiger partial charge >= 0.3 is 0 Å². The molecule has 18 heavy (non-hydrogen) atoms. The molecule has 0 unspecified atom stereocenters. The summed E-state index contributed by atoms with van der Waals surface area (Å²) in [6, 6.07) is 4.49. The molecule has 1 heterocycles. The van der Waals surface area contributed by atoms with Gasteiger partial charge in [0.1, 0.15) is 12.1 Å². The highest BCUT2D eigenvalue weighted by Crippen LogP contribution is 2.24. The van der Waals surface area contributed by atoms with Crippen LogP contribution in [0.1, 0.15) is 23.2 Å². The summed E-state index contributed by atoms with van der Waals surface area (Å²) in [6.45, 7) is 2.56. The van der Waals surface area contributed by atoms with Crippen molar-refractivity contribution in [3.63, 3.8) is 0 Å². The van der Waals surface area contributed by atoms with Gasteiger partial charge in [-0.3, -0.25) is 4.79 Å². The van der Waals surface area contributed by atoms with E-state index in [9.17, 15) is 9.18 Å². The summed E-state index contributed by atoms with van der Waals surface area (Å²) in [5, 5.41) is 0. The van der Waals surface area contributed by atoms with Crippen molar-refractivity contribution in [3.05, 3.63) is 29.6 Å². The van der Waals surface area contributed by atoms with E-state index in [-0.39, 0.29) is 5.82 Å². The van der Waals surface area contributed by atoms with Crippen molar-refractivity contribution in [1.29, 1.82) is 0 Å². The van der Waals surface area contributed by atoms with Gasteiger partial charge in [0.05, 0.1) is 0 Å². The Balaban J connectivity index is 2.05. The molecule has 0 spiro atoms. The fourth-order valence-corrected chi connectivity index (χ4v) is 2.44. The molecule has 4 heteroatoms. The standard InChI is InChI=1S/C14H18FNO2/c1-18-10-11-2-4-16(5-3-11)14-7-12(9-17)6-13(15)8-14/h6-9,11H,2-5,10H2,1H3. The summed E-state index contributed by atoms with van der Waals surface area (Å²) in [4.78, 5) is 12.9. The zero-order valence-corrected chi connectivity index (χ0v) is 10.6. The lowest BCUT2D eigenvalue weighted by Crippen LogP contribution is -2.35. The van der Waals surface area contributed by atoms with E-state index in [0.717, 1.165) is 38.2 Å². The fraction of sp³-hybridized carbons (Fsp3) is 0.500. The van der Waals surface area contributed by atoms with E-state index in [0.29, 0.717) is 17.8 Å². The maximum Gasteiger partial charge on any atom is 0.150 e. The molecule has 0 bridgehead atoms. The first-order valence-electron chi connectivity index (χ1n) is 6.22. The first-order chi connectivity index (χ1) is 8.72. The molecule has 2 rings (SSSR count). The molecule has 98 valence electrons. The molecular formula is C14H18FNO2. The fourth-order valence-electron chi connectivity index (χ4n) is 2.44. The molecule has 1 aromatic rings. The number of halogens is 1. The highest BCUT2D eigenvalue weighted by Gasteiger charge is 2.19. The molecule has 0 amide bonds. The number of hydrogen-bond acceptors (Lipinski definition) is 3. The van der Waals surface area contributed by atoms with E-state index >= 15 is 0 Å². The van der Waals surface area contributed by atoms with E-state index in [1.54, 1.807) is 13.2 Å². The number of piperidine rings is 1. The number of carbonyl (C=O) groups is 1. The normalized spacial score (nSPS) is 16.9. The topological polar surface area (TPSA) is 29.5 Å². The van der Waals surface area contributed by atoms with Crippen LogP contribution in [0.25, 0.3) is 0 Å². The lowest BCUT2D eigenvalue weighted by Gasteiger charge is -2.33. The molecule has 3 nitrogen and oxygen atoms in total. The number of rotatable bonds is 4. The van der Waals surface area contributed by atoms with Crippen LogP contribution in [0.4, 0.5) is 10.1 Å². The van der Waals surface area contributed by atoms with Crippen molar-refractivity contribution in [2.75, 3.05) is 31.7 Å². The Labute approximate surface area is 107 Å². The average molecular weight is 251 g/mol. The third-order valence-electron chi connectivity index (χ3n) is 3.42. The minimum atomic E-state index is -0.353. The zero-order valence-electron chi connectivity index (χ0n) is 10.6. The largest absolute Gasteiger partial charge is 0.384 e. The Kier molecular flexibility index (Phi) is 4.31. The minimum Gasteiger partial charge on any atom is -0.384 e. The molecule has 0 aromatic heterocycles. The van der Waals surface area contributed by atoms with Gasteiger partial charge < -0.3 is 9.64 Å². The molecule has 0 aliphatic carbocycles. The molecule has 1 saturated heterocycles. The third-order valence-corrected chi connectivity index (χ3v) is 3.42. The molecule has 0 saturated carbocycles. The number of anilines is 1. The molecule has 1 aliphatic heterocycles. The van der Waals surface area contributed by atoms with Gasteiger partial charge in [0.25, 0.3) is 0 Å². The number of aldehydes is 1. The Morgan fingerprint density at radius 3 is 2.72 bits per heavy atom. The van der Waals surface area contributed by atoms with Crippen LogP contribution < -0.4 is 4.90 Å². The van der Waals surface area contributed by atoms with Gasteiger partial charge in [0.2, 0.25) is 0 Å². The molecule has 1 fully saturated rings. The highest BCUT2D eigenvalue weighted by molar-refractivity contribution is 5.77. The van der Waals surface area contributed by atoms with E-state index < -0.39 is 0 Å². The summed E-state index contributed by atoms with van der Waals surface area (Å²) in [5.74, 6) is 0.235. The lowest BCUT2D eigenvalue weighted by molar-refractivity contribution is 0.112. The average Bonchev–Trinajstić information content (AvgIpc) is 2.39. The monoisotopic (exact) mass is 251 g/mol. The van der Waals surface area contributed by atoms with Crippen molar-refractivity contribution < 1.29 is 13.9 Å². The van der Waals surface area contributed by atoms with Crippen molar-refractivity contribution in [3.8, 4) is 0 Å². The number of hydrogen-bond donors (Lipinski definition) is 0. The smallest absolute Gasteiger partial charge is 0.150 e. The van der Waals surface area contributed by atoms with Crippen LogP contribution in [0, 0.1) is 11.7 Å². The maximum atomic E-state index is 13.4. The quantitative estimate of drug-likeness (QED) is 0.770. The summed E-state index contributed by atoms with van der Waals surface area (Å²) in [5.41, 5.74) is 1.19. The minimum absolute atomic E-state index is 0.353. The number of methoxy groups -OCH3 is 1. The maximum absolute atomic E-state index is 13.4. The lowest BCUT2D eigenvalue weighted by atomic mass is 9.97. The van der Waals surface area contributed by atoms with Crippen molar-refractivity contribution >= 4 is 12.0 Å². The Morgan fingerprint density at radius 2 is 2.11 bits per heavy atom. The van der Waals surface area contributed by atoms with Gasteiger partial charge in [-0.2, -0.15) is 0 Å². The van der Waals surface area contributed by atoms with Crippen LogP contribution >= 0.6 is 0 Å². The van der Waals surface area contributed by atoms with Gasteiger partial charge in [0.15, 0.2) is 0 Å². The first kappa shape index (κ1) is 13.0. The predicted molar refractivity (Wildman–Crippen MR) is 68.6 cm³/mol. The molecule has 1 aromatic carbocycles. The van der Waals surface area contributed by atoms with Gasteiger partial charge in [-0.15, -0.1) is 0 Å². The van der Waals surface area contributed by atoms with Crippen LogP contribution in [0.2, 0.25) is 0 Å². The summed E-state index contributed by atoms with van der Waals surface area (Å²) in [7, 11) is 1.72. The van der Waals surface area contributed by atoms with Crippen LogP contribution in [0.15, 0.2) is 18.2 Å². The van der Waals surface area contributed by atoms with Crippen molar-refractivity contribution in [1.82, 2.24) is 0 Å². The van der Waals surface area contributed by atoms with Gasteiger partial charge in [-0.1, -0.05) is 0 Å². The number of carbonyl (C=O) groups excluding carboxylic acids is 1. The van der Waals surface area contributed by atoms with Gasteiger partial charge in [0, 0.05) is 38.1 Å². The van der Waals surface area contributed by atoms with Crippen LogP contribution in [0.3, 0.4) is 0 Å². The third kappa shape index (κ3) is 3.07. The van der Waals surface area contributed by atoms with Crippen LogP contribution in [-0.4, -0.2) is 33.1 Å². The second-order valence-corrected chi connectivity index (χ2v) is 4.75. The van der Waals surface area contributed by atoms with Gasteiger partial charge in [-0.25, -0.2) is 4.39 Å². The summed E-state index contributed by atoms with van der Waals surface area (Å²) < 4.78 is 18.5. The molecule has 0 N–H and O–H groups in total. The highest BCUT2D eigenvalue weighted by atomic mass is 19.1. The molecule has 1 aliphatic rings. The number of benzene rings is 1. The second-order valence-electron chi connectivity index (χ2n) is 4.75. The Morgan fingerprint density at radius 1 is 1.39 bits per heavy atom. The van der Waals surface area contributed by atoms with E-state index in [4.69, 9.17) is 4.74 Å². The molecule has 0 radical (unpaired) electrons. The van der Waals surface area contributed by atoms with Crippen molar-refractivity contribution in [2.24, 2.45) is 5.92 Å². The Bertz CT molecular complexity index is 414. The van der Waals surface area contributed by atoms with E-state index in [1.165, 1.54) is 12.1 Å². The summed E-state index contributed by atoms with van der Waals surface area (Å²) >= 11 is 0. The van der Waals surface area contributed by atoms with Crippen LogP contribution in [-0.2, 0) is 4.74 Å². The van der Waals surface area contributed by atoms with Crippen molar-refractivity contribution in [2.45, 2.75) is 12.8 Å².